The summed E-state index contributed by atoms with van der Waals surface area (Å²) in [6.45, 7) is 5.83. The number of imide groups is 1. The van der Waals surface area contributed by atoms with Gasteiger partial charge < -0.3 is 9.47 Å². The van der Waals surface area contributed by atoms with Crippen molar-refractivity contribution in [2.75, 3.05) is 19.8 Å². The number of ether oxygens (including phenoxy) is 2. The summed E-state index contributed by atoms with van der Waals surface area (Å²) in [6.07, 6.45) is 1.77. The number of amides is 2. The second-order valence-corrected chi connectivity index (χ2v) is 9.55. The minimum Gasteiger partial charge on any atom is -0.493 e. The molecule has 168 valence electrons. The lowest BCUT2D eigenvalue weighted by Gasteiger charge is -2.19. The summed E-state index contributed by atoms with van der Waals surface area (Å²) < 4.78 is 11.5. The van der Waals surface area contributed by atoms with Crippen molar-refractivity contribution in [2.24, 2.45) is 5.92 Å². The Hall–Kier alpha value is -2.57. The van der Waals surface area contributed by atoms with Crippen LogP contribution in [0, 0.1) is 5.92 Å². The highest BCUT2D eigenvalue weighted by molar-refractivity contribution is 8.03. The smallest absolute Gasteiger partial charge is 0.268 e. The van der Waals surface area contributed by atoms with Crippen LogP contribution in [0.5, 0.6) is 5.75 Å². The Morgan fingerprint density at radius 2 is 1.81 bits per heavy atom. The van der Waals surface area contributed by atoms with Crippen molar-refractivity contribution in [3.63, 3.8) is 0 Å². The Morgan fingerprint density at radius 1 is 1.06 bits per heavy atom. The first kappa shape index (κ1) is 22.6. The standard InChI is InChI=1S/C26H29NO4S/c1-18(2)16-31-21-12-10-20(11-13-21)23-24(32-17-19-7-4-3-5-8-19)26(29)27(25(23)28)15-22-9-6-14-30-22/h3-5,7-8,10-13,18,22H,6,9,14-17H2,1-2H3. The van der Waals surface area contributed by atoms with Crippen LogP contribution in [0.2, 0.25) is 0 Å². The van der Waals surface area contributed by atoms with Gasteiger partial charge in [0.1, 0.15) is 5.75 Å². The Labute approximate surface area is 193 Å². The van der Waals surface area contributed by atoms with Gasteiger partial charge in [0, 0.05) is 12.4 Å². The van der Waals surface area contributed by atoms with E-state index in [0.717, 1.165) is 29.7 Å². The molecule has 0 bridgehead atoms. The summed E-state index contributed by atoms with van der Waals surface area (Å²) in [5, 5.41) is 0. The fourth-order valence-corrected chi connectivity index (χ4v) is 4.90. The average Bonchev–Trinajstić information content (AvgIpc) is 3.40. The first-order chi connectivity index (χ1) is 15.5. The van der Waals surface area contributed by atoms with E-state index in [9.17, 15) is 9.59 Å². The SMILES string of the molecule is CC(C)COc1ccc(C2=C(SCc3ccccc3)C(=O)N(CC3CCCO3)C2=O)cc1. The minimum absolute atomic E-state index is 0.0746. The summed E-state index contributed by atoms with van der Waals surface area (Å²) in [4.78, 5) is 28.5. The maximum atomic E-state index is 13.4. The second-order valence-electron chi connectivity index (χ2n) is 8.56. The van der Waals surface area contributed by atoms with E-state index in [1.165, 1.54) is 16.7 Å². The molecule has 2 aliphatic rings. The summed E-state index contributed by atoms with van der Waals surface area (Å²) in [7, 11) is 0. The molecule has 0 saturated carbocycles. The molecule has 1 fully saturated rings. The number of rotatable bonds is 9. The van der Waals surface area contributed by atoms with Crippen molar-refractivity contribution in [3.05, 3.63) is 70.6 Å². The summed E-state index contributed by atoms with van der Waals surface area (Å²) >= 11 is 1.43. The molecular formula is C26H29NO4S. The lowest BCUT2D eigenvalue weighted by molar-refractivity contribution is -0.138. The molecule has 0 aliphatic carbocycles. The van der Waals surface area contributed by atoms with Crippen LogP contribution < -0.4 is 4.74 Å². The minimum atomic E-state index is -0.239. The third-order valence-corrected chi connectivity index (χ3v) is 6.63. The maximum absolute atomic E-state index is 13.4. The predicted octanol–water partition coefficient (Wildman–Crippen LogP) is 4.91. The number of carbonyl (C=O) groups excluding carboxylic acids is 2. The summed E-state index contributed by atoms with van der Waals surface area (Å²) in [5.41, 5.74) is 2.33. The highest BCUT2D eigenvalue weighted by atomic mass is 32.2. The van der Waals surface area contributed by atoms with Crippen LogP contribution in [0.1, 0.15) is 37.8 Å². The van der Waals surface area contributed by atoms with Crippen molar-refractivity contribution in [3.8, 4) is 5.75 Å². The van der Waals surface area contributed by atoms with Gasteiger partial charge in [-0.3, -0.25) is 14.5 Å². The molecule has 1 saturated heterocycles. The number of thioether (sulfide) groups is 1. The van der Waals surface area contributed by atoms with E-state index in [2.05, 4.69) is 13.8 Å². The summed E-state index contributed by atoms with van der Waals surface area (Å²) in [5.74, 6) is 1.36. The van der Waals surface area contributed by atoms with Crippen molar-refractivity contribution in [1.82, 2.24) is 4.90 Å². The molecule has 0 spiro atoms. The molecule has 2 aliphatic heterocycles. The lowest BCUT2D eigenvalue weighted by atomic mass is 10.1. The highest BCUT2D eigenvalue weighted by Gasteiger charge is 2.40. The van der Waals surface area contributed by atoms with E-state index in [1.807, 2.05) is 54.6 Å². The van der Waals surface area contributed by atoms with Crippen molar-refractivity contribution in [1.29, 1.82) is 0 Å². The van der Waals surface area contributed by atoms with Gasteiger partial charge in [0.25, 0.3) is 11.8 Å². The third kappa shape index (κ3) is 5.25. The Balaban J connectivity index is 1.59. The van der Waals surface area contributed by atoms with Gasteiger partial charge in [-0.15, -0.1) is 11.8 Å². The van der Waals surface area contributed by atoms with Gasteiger partial charge in [0.2, 0.25) is 0 Å². The topological polar surface area (TPSA) is 55.8 Å². The fraction of sp³-hybridized carbons (Fsp3) is 0.385. The number of benzene rings is 2. The van der Waals surface area contributed by atoms with Gasteiger partial charge in [-0.25, -0.2) is 0 Å². The van der Waals surface area contributed by atoms with E-state index in [-0.39, 0.29) is 17.9 Å². The van der Waals surface area contributed by atoms with Gasteiger partial charge in [-0.2, -0.15) is 0 Å². The largest absolute Gasteiger partial charge is 0.493 e. The molecule has 2 heterocycles. The van der Waals surface area contributed by atoms with Crippen molar-refractivity contribution in [2.45, 2.75) is 38.5 Å². The molecule has 2 aromatic rings. The van der Waals surface area contributed by atoms with Crippen LogP contribution >= 0.6 is 11.8 Å². The fourth-order valence-electron chi connectivity index (χ4n) is 3.81. The zero-order valence-corrected chi connectivity index (χ0v) is 19.4. The molecule has 1 unspecified atom stereocenters. The molecule has 0 aromatic heterocycles. The lowest BCUT2D eigenvalue weighted by Crippen LogP contribution is -2.37. The molecular weight excluding hydrogens is 422 g/mol. The first-order valence-corrected chi connectivity index (χ1v) is 12.1. The van der Waals surface area contributed by atoms with Crippen LogP contribution in [-0.4, -0.2) is 42.6 Å². The molecule has 0 radical (unpaired) electrons. The van der Waals surface area contributed by atoms with Crippen molar-refractivity contribution < 1.29 is 19.1 Å². The van der Waals surface area contributed by atoms with Crippen LogP contribution in [0.3, 0.4) is 0 Å². The predicted molar refractivity (Wildman–Crippen MR) is 127 cm³/mol. The second kappa shape index (κ2) is 10.4. The summed E-state index contributed by atoms with van der Waals surface area (Å²) in [6, 6.07) is 17.5. The normalized spacial score (nSPS) is 18.8. The molecule has 2 amide bonds. The van der Waals surface area contributed by atoms with E-state index in [0.29, 0.717) is 41.9 Å². The zero-order valence-electron chi connectivity index (χ0n) is 18.6. The van der Waals surface area contributed by atoms with Gasteiger partial charge in [-0.1, -0.05) is 56.3 Å². The number of nitrogens with zero attached hydrogens (tertiary/aromatic N) is 1. The van der Waals surface area contributed by atoms with E-state index in [4.69, 9.17) is 9.47 Å². The molecule has 2 aromatic carbocycles. The first-order valence-electron chi connectivity index (χ1n) is 11.1. The third-order valence-electron chi connectivity index (χ3n) is 5.49. The van der Waals surface area contributed by atoms with E-state index in [1.54, 1.807) is 0 Å². The number of hydrogen-bond donors (Lipinski definition) is 0. The van der Waals surface area contributed by atoms with Crippen LogP contribution in [0.4, 0.5) is 0 Å². The Morgan fingerprint density at radius 3 is 2.47 bits per heavy atom. The molecule has 0 N–H and O–H groups in total. The van der Waals surface area contributed by atoms with Crippen LogP contribution in [-0.2, 0) is 20.1 Å². The molecule has 4 rings (SSSR count). The van der Waals surface area contributed by atoms with E-state index < -0.39 is 0 Å². The highest BCUT2D eigenvalue weighted by Crippen LogP contribution is 2.38. The van der Waals surface area contributed by atoms with Gasteiger partial charge in [0.05, 0.1) is 29.7 Å². The van der Waals surface area contributed by atoms with Crippen LogP contribution in [0.25, 0.3) is 5.57 Å². The Bertz CT molecular complexity index is 979. The number of carbonyl (C=O) groups is 2. The Kier molecular flexibility index (Phi) is 7.33. The monoisotopic (exact) mass is 451 g/mol. The van der Waals surface area contributed by atoms with Crippen LogP contribution in [0.15, 0.2) is 59.5 Å². The van der Waals surface area contributed by atoms with Gasteiger partial charge in [-0.05, 0) is 42.0 Å². The maximum Gasteiger partial charge on any atom is 0.268 e. The van der Waals surface area contributed by atoms with Gasteiger partial charge in [0.15, 0.2) is 0 Å². The molecule has 6 heteroatoms. The zero-order chi connectivity index (χ0) is 22.5. The molecule has 32 heavy (non-hydrogen) atoms. The molecule has 1 atom stereocenters. The van der Waals surface area contributed by atoms with Gasteiger partial charge >= 0.3 is 0 Å². The van der Waals surface area contributed by atoms with Crippen molar-refractivity contribution >= 4 is 29.1 Å². The quantitative estimate of drug-likeness (QED) is 0.507. The molecule has 5 nitrogen and oxygen atoms in total. The van der Waals surface area contributed by atoms with E-state index >= 15 is 0 Å². The number of hydrogen-bond acceptors (Lipinski definition) is 5. The average molecular weight is 452 g/mol.